The van der Waals surface area contributed by atoms with E-state index in [2.05, 4.69) is 0 Å². The molecule has 0 saturated heterocycles. The van der Waals surface area contributed by atoms with Crippen LogP contribution in [0, 0.1) is 0 Å². The molecule has 0 fully saturated rings. The Kier molecular flexibility index (Phi) is 4.97. The fourth-order valence-electron chi connectivity index (χ4n) is 1.48. The standard InChI is InChI=1S/C14H21BO5/c1-13(2,17)14(3,4)20-12(16)9-10-6-5-7-11(8-10)15(18)19/h5-8,17-19H,9H2,1-4H3. The molecular weight excluding hydrogens is 259 g/mol. The number of hydrogen-bond acceptors (Lipinski definition) is 5. The molecule has 20 heavy (non-hydrogen) atoms. The number of aliphatic hydroxyl groups is 1. The first-order valence-electron chi connectivity index (χ1n) is 6.42. The summed E-state index contributed by atoms with van der Waals surface area (Å²) in [5.41, 5.74) is -1.24. The maximum Gasteiger partial charge on any atom is 0.488 e. The molecular formula is C14H21BO5. The average Bonchev–Trinajstić information content (AvgIpc) is 2.26. The Labute approximate surface area is 119 Å². The fourth-order valence-corrected chi connectivity index (χ4v) is 1.48. The molecule has 6 heteroatoms. The first kappa shape index (κ1) is 16.7. The number of hydrogen-bond donors (Lipinski definition) is 3. The van der Waals surface area contributed by atoms with E-state index in [-0.39, 0.29) is 6.42 Å². The van der Waals surface area contributed by atoms with E-state index < -0.39 is 24.3 Å². The maximum atomic E-state index is 11.9. The van der Waals surface area contributed by atoms with Gasteiger partial charge in [0.25, 0.3) is 0 Å². The molecule has 0 radical (unpaired) electrons. The summed E-state index contributed by atoms with van der Waals surface area (Å²) in [7, 11) is -1.57. The second-order valence-corrected chi connectivity index (χ2v) is 5.84. The molecule has 5 nitrogen and oxygen atoms in total. The van der Waals surface area contributed by atoms with E-state index in [1.165, 1.54) is 6.07 Å². The predicted molar refractivity (Wildman–Crippen MR) is 76.4 cm³/mol. The molecule has 0 amide bonds. The highest BCUT2D eigenvalue weighted by atomic mass is 16.6. The molecule has 1 rings (SSSR count). The number of esters is 1. The van der Waals surface area contributed by atoms with Gasteiger partial charge in [0.15, 0.2) is 0 Å². The molecule has 110 valence electrons. The molecule has 0 bridgehead atoms. The first-order chi connectivity index (χ1) is 9.03. The minimum atomic E-state index is -1.57. The van der Waals surface area contributed by atoms with Gasteiger partial charge in [-0.3, -0.25) is 4.79 Å². The van der Waals surface area contributed by atoms with Crippen molar-refractivity contribution >= 4 is 18.6 Å². The van der Waals surface area contributed by atoms with Gasteiger partial charge in [0.05, 0.1) is 12.0 Å². The van der Waals surface area contributed by atoms with Crippen molar-refractivity contribution in [3.63, 3.8) is 0 Å². The van der Waals surface area contributed by atoms with E-state index in [0.29, 0.717) is 11.0 Å². The van der Waals surface area contributed by atoms with Gasteiger partial charge in [0.2, 0.25) is 0 Å². The summed E-state index contributed by atoms with van der Waals surface area (Å²) in [5, 5.41) is 28.1. The van der Waals surface area contributed by atoms with Gasteiger partial charge in [-0.2, -0.15) is 0 Å². The third-order valence-electron chi connectivity index (χ3n) is 3.44. The van der Waals surface area contributed by atoms with Crippen molar-refractivity contribution < 1.29 is 24.7 Å². The van der Waals surface area contributed by atoms with Crippen LogP contribution in [0.2, 0.25) is 0 Å². The molecule has 1 aromatic rings. The van der Waals surface area contributed by atoms with E-state index in [4.69, 9.17) is 14.8 Å². The highest BCUT2D eigenvalue weighted by Crippen LogP contribution is 2.25. The summed E-state index contributed by atoms with van der Waals surface area (Å²) in [6, 6.07) is 6.42. The largest absolute Gasteiger partial charge is 0.488 e. The lowest BCUT2D eigenvalue weighted by atomic mass is 9.79. The van der Waals surface area contributed by atoms with Crippen molar-refractivity contribution in [2.75, 3.05) is 0 Å². The fraction of sp³-hybridized carbons (Fsp3) is 0.500. The third kappa shape index (κ3) is 4.33. The van der Waals surface area contributed by atoms with Crippen LogP contribution in [0.15, 0.2) is 24.3 Å². The van der Waals surface area contributed by atoms with Crippen molar-refractivity contribution in [1.82, 2.24) is 0 Å². The van der Waals surface area contributed by atoms with Crippen LogP contribution in [0.5, 0.6) is 0 Å². The van der Waals surface area contributed by atoms with Gasteiger partial charge in [-0.25, -0.2) is 0 Å². The summed E-state index contributed by atoms with van der Waals surface area (Å²) in [6.45, 7) is 6.42. The van der Waals surface area contributed by atoms with Crippen LogP contribution in [-0.4, -0.2) is 39.4 Å². The SMILES string of the molecule is CC(C)(O)C(C)(C)OC(=O)Cc1cccc(B(O)O)c1. The lowest BCUT2D eigenvalue weighted by Gasteiger charge is -2.36. The van der Waals surface area contributed by atoms with Crippen molar-refractivity contribution in [1.29, 1.82) is 0 Å². The van der Waals surface area contributed by atoms with Crippen LogP contribution in [0.1, 0.15) is 33.3 Å². The second kappa shape index (κ2) is 5.95. The highest BCUT2D eigenvalue weighted by Gasteiger charge is 2.38. The summed E-state index contributed by atoms with van der Waals surface area (Å²) >= 11 is 0. The monoisotopic (exact) mass is 280 g/mol. The van der Waals surface area contributed by atoms with Gasteiger partial charge >= 0.3 is 13.1 Å². The second-order valence-electron chi connectivity index (χ2n) is 5.84. The molecule has 0 aromatic heterocycles. The van der Waals surface area contributed by atoms with E-state index in [1.807, 2.05) is 0 Å². The molecule has 3 N–H and O–H groups in total. The molecule has 0 unspecified atom stereocenters. The normalized spacial score (nSPS) is 12.2. The van der Waals surface area contributed by atoms with Gasteiger partial charge in [-0.05, 0) is 38.7 Å². The number of ether oxygens (including phenoxy) is 1. The van der Waals surface area contributed by atoms with Crippen LogP contribution >= 0.6 is 0 Å². The van der Waals surface area contributed by atoms with E-state index in [9.17, 15) is 9.90 Å². The van der Waals surface area contributed by atoms with Gasteiger partial charge in [0, 0.05) is 0 Å². The number of benzene rings is 1. The quantitative estimate of drug-likeness (QED) is 0.522. The zero-order valence-electron chi connectivity index (χ0n) is 12.3. The van der Waals surface area contributed by atoms with Crippen molar-refractivity contribution in [3.05, 3.63) is 29.8 Å². The van der Waals surface area contributed by atoms with Crippen LogP contribution in [-0.2, 0) is 16.0 Å². The number of carbonyl (C=O) groups is 1. The Morgan fingerprint density at radius 3 is 2.35 bits per heavy atom. The molecule has 0 saturated carbocycles. The molecule has 0 aliphatic carbocycles. The van der Waals surface area contributed by atoms with Gasteiger partial charge in [-0.1, -0.05) is 24.3 Å². The zero-order chi connectivity index (χ0) is 15.6. The predicted octanol–water partition coefficient (Wildman–Crippen LogP) is 0.00160. The van der Waals surface area contributed by atoms with Crippen molar-refractivity contribution in [2.24, 2.45) is 0 Å². The minimum absolute atomic E-state index is 0.0000694. The van der Waals surface area contributed by atoms with Crippen molar-refractivity contribution in [3.8, 4) is 0 Å². The molecule has 0 aliphatic rings. The Bertz CT molecular complexity index is 477. The first-order valence-corrected chi connectivity index (χ1v) is 6.42. The zero-order valence-corrected chi connectivity index (χ0v) is 12.3. The molecule has 0 heterocycles. The lowest BCUT2D eigenvalue weighted by Crippen LogP contribution is -2.48. The summed E-state index contributed by atoms with van der Waals surface area (Å²) in [5.74, 6) is -0.485. The Hall–Kier alpha value is -1.37. The molecule has 0 spiro atoms. The third-order valence-corrected chi connectivity index (χ3v) is 3.44. The highest BCUT2D eigenvalue weighted by molar-refractivity contribution is 6.58. The van der Waals surface area contributed by atoms with Crippen LogP contribution < -0.4 is 5.46 Å². The minimum Gasteiger partial charge on any atom is -0.456 e. The topological polar surface area (TPSA) is 87.0 Å². The summed E-state index contributed by atoms with van der Waals surface area (Å²) < 4.78 is 5.29. The average molecular weight is 280 g/mol. The van der Waals surface area contributed by atoms with E-state index >= 15 is 0 Å². The Morgan fingerprint density at radius 2 is 1.85 bits per heavy atom. The smallest absolute Gasteiger partial charge is 0.456 e. The van der Waals surface area contributed by atoms with Crippen molar-refractivity contribution in [2.45, 2.75) is 45.3 Å². The van der Waals surface area contributed by atoms with E-state index in [1.54, 1.807) is 45.9 Å². The van der Waals surface area contributed by atoms with Gasteiger partial charge < -0.3 is 19.9 Å². The van der Waals surface area contributed by atoms with Gasteiger partial charge in [0.1, 0.15) is 5.60 Å². The Morgan fingerprint density at radius 1 is 1.25 bits per heavy atom. The van der Waals surface area contributed by atoms with Crippen LogP contribution in [0.3, 0.4) is 0 Å². The van der Waals surface area contributed by atoms with E-state index in [0.717, 1.165) is 0 Å². The number of rotatable bonds is 5. The molecule has 0 atom stereocenters. The maximum absolute atomic E-state index is 11.9. The molecule has 0 aliphatic heterocycles. The van der Waals surface area contributed by atoms with Crippen LogP contribution in [0.25, 0.3) is 0 Å². The summed E-state index contributed by atoms with van der Waals surface area (Å²) in [4.78, 5) is 11.9. The lowest BCUT2D eigenvalue weighted by molar-refractivity contribution is -0.180. The number of carbonyl (C=O) groups excluding carboxylic acids is 1. The molecule has 1 aromatic carbocycles. The Balaban J connectivity index is 2.75. The summed E-state index contributed by atoms with van der Waals surface area (Å²) in [6.07, 6.45) is 0.0000694. The van der Waals surface area contributed by atoms with Crippen LogP contribution in [0.4, 0.5) is 0 Å². The van der Waals surface area contributed by atoms with Gasteiger partial charge in [-0.15, -0.1) is 0 Å².